The number of hydrogen-bond acceptors (Lipinski definition) is 5. The molecule has 0 saturated carbocycles. The minimum absolute atomic E-state index is 0.0357. The van der Waals surface area contributed by atoms with Crippen LogP contribution in [0.1, 0.15) is 26.6 Å². The molecule has 0 aromatic carbocycles. The minimum Gasteiger partial charge on any atom is -0.359 e. The number of anilines is 1. The molecule has 0 unspecified atom stereocenters. The highest BCUT2D eigenvalue weighted by Crippen LogP contribution is 2.22. The molecule has 0 bridgehead atoms. The summed E-state index contributed by atoms with van der Waals surface area (Å²) < 4.78 is 4.35. The SMILES string of the molecule is C=CCSCCNc1nc(C(C)(C)C)ns1. The molecule has 0 fully saturated rings. The lowest BCUT2D eigenvalue weighted by atomic mass is 9.96. The van der Waals surface area contributed by atoms with Crippen LogP contribution in [0, 0.1) is 0 Å². The van der Waals surface area contributed by atoms with Crippen molar-refractivity contribution in [1.82, 2.24) is 9.36 Å². The van der Waals surface area contributed by atoms with Gasteiger partial charge in [-0.25, -0.2) is 4.98 Å². The van der Waals surface area contributed by atoms with Crippen LogP contribution in [-0.2, 0) is 5.41 Å². The highest BCUT2D eigenvalue weighted by atomic mass is 32.2. The summed E-state index contributed by atoms with van der Waals surface area (Å²) in [5.41, 5.74) is 0.0357. The van der Waals surface area contributed by atoms with Gasteiger partial charge in [0.25, 0.3) is 0 Å². The van der Waals surface area contributed by atoms with Gasteiger partial charge in [0.05, 0.1) is 0 Å². The summed E-state index contributed by atoms with van der Waals surface area (Å²) in [6.07, 6.45) is 1.92. The molecule has 1 aromatic rings. The molecule has 90 valence electrons. The molecule has 0 aliphatic carbocycles. The molecule has 1 rings (SSSR count). The Bertz CT molecular complexity index is 328. The van der Waals surface area contributed by atoms with Crippen LogP contribution in [0.2, 0.25) is 0 Å². The standard InChI is InChI=1S/C11H19N3S2/c1-5-7-15-8-6-12-10-13-9(14-16-10)11(2,3)4/h5H,1,6-8H2,2-4H3,(H,12,13,14). The van der Waals surface area contributed by atoms with E-state index in [1.165, 1.54) is 11.5 Å². The summed E-state index contributed by atoms with van der Waals surface area (Å²) >= 11 is 3.30. The number of hydrogen-bond donors (Lipinski definition) is 1. The van der Waals surface area contributed by atoms with Crippen molar-refractivity contribution < 1.29 is 0 Å². The Kier molecular flexibility index (Phi) is 5.28. The zero-order chi connectivity index (χ0) is 12.0. The van der Waals surface area contributed by atoms with Crippen LogP contribution < -0.4 is 5.32 Å². The topological polar surface area (TPSA) is 37.8 Å². The first kappa shape index (κ1) is 13.5. The molecule has 0 aliphatic rings. The van der Waals surface area contributed by atoms with Crippen LogP contribution in [0.25, 0.3) is 0 Å². The fourth-order valence-electron chi connectivity index (χ4n) is 0.997. The highest BCUT2D eigenvalue weighted by molar-refractivity contribution is 7.99. The Morgan fingerprint density at radius 1 is 1.50 bits per heavy atom. The monoisotopic (exact) mass is 257 g/mol. The van der Waals surface area contributed by atoms with E-state index in [4.69, 9.17) is 0 Å². The second-order valence-corrected chi connectivity index (χ2v) is 6.37. The summed E-state index contributed by atoms with van der Waals surface area (Å²) in [5.74, 6) is 2.99. The van der Waals surface area contributed by atoms with Crippen molar-refractivity contribution in [3.05, 3.63) is 18.5 Å². The van der Waals surface area contributed by atoms with Crippen LogP contribution in [0.5, 0.6) is 0 Å². The van der Waals surface area contributed by atoms with Crippen molar-refractivity contribution >= 4 is 28.4 Å². The maximum Gasteiger partial charge on any atom is 0.202 e. The van der Waals surface area contributed by atoms with Crippen LogP contribution in [-0.4, -0.2) is 27.4 Å². The molecule has 16 heavy (non-hydrogen) atoms. The predicted octanol–water partition coefficient (Wildman–Crippen LogP) is 3.17. The van der Waals surface area contributed by atoms with Crippen LogP contribution >= 0.6 is 23.3 Å². The minimum atomic E-state index is 0.0357. The van der Waals surface area contributed by atoms with E-state index in [-0.39, 0.29) is 5.41 Å². The Labute approximate surface area is 106 Å². The lowest BCUT2D eigenvalue weighted by Gasteiger charge is -2.12. The third-order valence-corrected chi connectivity index (χ3v) is 3.49. The fraction of sp³-hybridized carbons (Fsp3) is 0.636. The first-order valence-electron chi connectivity index (χ1n) is 5.30. The van der Waals surface area contributed by atoms with Crippen LogP contribution in [0.4, 0.5) is 5.13 Å². The van der Waals surface area contributed by atoms with Crippen molar-refractivity contribution in [1.29, 1.82) is 0 Å². The summed E-state index contributed by atoms with van der Waals surface area (Å²) in [6, 6.07) is 0. The molecule has 0 spiro atoms. The molecule has 0 amide bonds. The van der Waals surface area contributed by atoms with Gasteiger partial charge in [-0.1, -0.05) is 26.8 Å². The molecule has 0 aliphatic heterocycles. The van der Waals surface area contributed by atoms with E-state index >= 15 is 0 Å². The lowest BCUT2D eigenvalue weighted by molar-refractivity contribution is 0.555. The third kappa shape index (κ3) is 4.53. The molecular weight excluding hydrogens is 238 g/mol. The van der Waals surface area contributed by atoms with Crippen LogP contribution in [0.3, 0.4) is 0 Å². The number of nitrogens with one attached hydrogen (secondary N) is 1. The van der Waals surface area contributed by atoms with Crippen molar-refractivity contribution in [3.8, 4) is 0 Å². The molecule has 1 N–H and O–H groups in total. The van der Waals surface area contributed by atoms with Gasteiger partial charge in [0.2, 0.25) is 5.13 Å². The number of thioether (sulfide) groups is 1. The van der Waals surface area contributed by atoms with Gasteiger partial charge in [0, 0.05) is 35.0 Å². The van der Waals surface area contributed by atoms with E-state index in [1.807, 2.05) is 17.8 Å². The Morgan fingerprint density at radius 2 is 2.25 bits per heavy atom. The van der Waals surface area contributed by atoms with Gasteiger partial charge in [-0.15, -0.1) is 6.58 Å². The summed E-state index contributed by atoms with van der Waals surface area (Å²) in [4.78, 5) is 4.47. The maximum atomic E-state index is 4.47. The predicted molar refractivity (Wildman–Crippen MR) is 74.6 cm³/mol. The molecule has 0 atom stereocenters. The fourth-order valence-corrected chi connectivity index (χ4v) is 2.36. The van der Waals surface area contributed by atoms with Gasteiger partial charge < -0.3 is 5.32 Å². The zero-order valence-electron chi connectivity index (χ0n) is 10.1. The number of nitrogens with zero attached hydrogens (tertiary/aromatic N) is 2. The zero-order valence-corrected chi connectivity index (χ0v) is 11.7. The van der Waals surface area contributed by atoms with Crippen molar-refractivity contribution in [2.45, 2.75) is 26.2 Å². The van der Waals surface area contributed by atoms with E-state index in [1.54, 1.807) is 0 Å². The smallest absolute Gasteiger partial charge is 0.202 e. The van der Waals surface area contributed by atoms with Gasteiger partial charge in [-0.3, -0.25) is 0 Å². The van der Waals surface area contributed by atoms with E-state index in [2.05, 4.69) is 42.0 Å². The van der Waals surface area contributed by atoms with Crippen molar-refractivity contribution in [2.24, 2.45) is 0 Å². The first-order chi connectivity index (χ1) is 7.54. The second-order valence-electron chi connectivity index (χ2n) is 4.46. The Balaban J connectivity index is 2.32. The average Bonchev–Trinajstić information content (AvgIpc) is 2.65. The molecule has 0 radical (unpaired) electrons. The number of rotatable bonds is 6. The first-order valence-corrected chi connectivity index (χ1v) is 7.23. The van der Waals surface area contributed by atoms with Gasteiger partial charge >= 0.3 is 0 Å². The van der Waals surface area contributed by atoms with E-state index in [0.717, 1.165) is 29.0 Å². The quantitative estimate of drug-likeness (QED) is 0.627. The van der Waals surface area contributed by atoms with Crippen molar-refractivity contribution in [3.63, 3.8) is 0 Å². The number of aromatic nitrogens is 2. The molecule has 1 aromatic heterocycles. The average molecular weight is 257 g/mol. The second kappa shape index (κ2) is 6.25. The van der Waals surface area contributed by atoms with Gasteiger partial charge in [0.15, 0.2) is 0 Å². The molecule has 5 heteroatoms. The molecule has 0 saturated heterocycles. The Hall–Kier alpha value is -0.550. The Morgan fingerprint density at radius 3 is 2.81 bits per heavy atom. The van der Waals surface area contributed by atoms with E-state index in [0.29, 0.717) is 0 Å². The van der Waals surface area contributed by atoms with Gasteiger partial charge in [-0.2, -0.15) is 16.1 Å². The van der Waals surface area contributed by atoms with E-state index in [9.17, 15) is 0 Å². The van der Waals surface area contributed by atoms with Gasteiger partial charge in [0.1, 0.15) is 5.82 Å². The largest absolute Gasteiger partial charge is 0.359 e. The van der Waals surface area contributed by atoms with Gasteiger partial charge in [-0.05, 0) is 0 Å². The molecule has 1 heterocycles. The lowest BCUT2D eigenvalue weighted by Crippen LogP contribution is -2.13. The van der Waals surface area contributed by atoms with E-state index < -0.39 is 0 Å². The maximum absolute atomic E-state index is 4.47. The molecule has 3 nitrogen and oxygen atoms in total. The molecular formula is C11H19N3S2. The summed E-state index contributed by atoms with van der Waals surface area (Å²) in [6.45, 7) is 11.0. The van der Waals surface area contributed by atoms with Crippen LogP contribution in [0.15, 0.2) is 12.7 Å². The summed E-state index contributed by atoms with van der Waals surface area (Å²) in [5, 5.41) is 4.21. The third-order valence-electron chi connectivity index (χ3n) is 1.86. The normalized spacial score (nSPS) is 11.4. The summed E-state index contributed by atoms with van der Waals surface area (Å²) in [7, 11) is 0. The van der Waals surface area contributed by atoms with Crippen molar-refractivity contribution in [2.75, 3.05) is 23.4 Å². The highest BCUT2D eigenvalue weighted by Gasteiger charge is 2.19.